The zero-order valence-electron chi connectivity index (χ0n) is 8.51. The summed E-state index contributed by atoms with van der Waals surface area (Å²) in [6, 6.07) is 8.48. The summed E-state index contributed by atoms with van der Waals surface area (Å²) in [6.07, 6.45) is 0. The van der Waals surface area contributed by atoms with Crippen molar-refractivity contribution < 1.29 is 5.11 Å². The van der Waals surface area contributed by atoms with Crippen molar-refractivity contribution in [3.63, 3.8) is 0 Å². The van der Waals surface area contributed by atoms with Gasteiger partial charge in [-0.2, -0.15) is 0 Å². The molecule has 0 radical (unpaired) electrons. The Balaban J connectivity index is 2.12. The second-order valence-electron chi connectivity index (χ2n) is 2.87. The summed E-state index contributed by atoms with van der Waals surface area (Å²) in [5, 5.41) is 8.59. The van der Waals surface area contributed by atoms with Gasteiger partial charge < -0.3 is 5.11 Å². The molecule has 0 aliphatic carbocycles. The van der Waals surface area contributed by atoms with E-state index in [1.54, 1.807) is 30.4 Å². The van der Waals surface area contributed by atoms with Crippen LogP contribution in [0.3, 0.4) is 0 Å². The highest BCUT2D eigenvalue weighted by Crippen LogP contribution is 2.44. The van der Waals surface area contributed by atoms with Crippen molar-refractivity contribution in [2.45, 2.75) is 12.7 Å². The second-order valence-corrected chi connectivity index (χ2v) is 8.99. The number of aryl methyl sites for hydroxylation is 1. The molecule has 0 saturated heterocycles. The third-order valence-electron chi connectivity index (χ3n) is 1.77. The smallest absolute Gasteiger partial charge is 0.0530 e. The quantitative estimate of drug-likeness (QED) is 0.595. The van der Waals surface area contributed by atoms with Crippen LogP contribution >= 0.6 is 41.2 Å². The van der Waals surface area contributed by atoms with Crippen LogP contribution in [0.15, 0.2) is 24.3 Å². The summed E-state index contributed by atoms with van der Waals surface area (Å²) < 4.78 is 0. The Morgan fingerprint density at radius 3 is 2.60 bits per heavy atom. The Labute approximate surface area is 106 Å². The topological polar surface area (TPSA) is 20.2 Å². The molecular formula is C10H14OS4. The molecule has 0 aliphatic heterocycles. The van der Waals surface area contributed by atoms with Gasteiger partial charge in [0.25, 0.3) is 0 Å². The number of aliphatic hydroxyl groups is 1. The van der Waals surface area contributed by atoms with Gasteiger partial charge in [0, 0.05) is 11.5 Å². The standard InChI is InChI=1S/C10H14OS4/c1-9-4-2-3-5-10(9)8-13-15-14-12-7-6-11/h2-5,11H,6-8H2,1H3. The average Bonchev–Trinajstić information content (AvgIpc) is 2.25. The SMILES string of the molecule is Cc1ccccc1CSSSSCCO. The molecule has 0 aromatic heterocycles. The lowest BCUT2D eigenvalue weighted by Gasteiger charge is -2.03. The predicted octanol–water partition coefficient (Wildman–Crippen LogP) is 4.17. The molecule has 5 heteroatoms. The lowest BCUT2D eigenvalue weighted by Crippen LogP contribution is -1.83. The minimum absolute atomic E-state index is 0.265. The summed E-state index contributed by atoms with van der Waals surface area (Å²) in [5.41, 5.74) is 2.77. The summed E-state index contributed by atoms with van der Waals surface area (Å²) >= 11 is 0. The van der Waals surface area contributed by atoms with Crippen LogP contribution in [0.25, 0.3) is 0 Å². The molecule has 1 aromatic rings. The molecule has 84 valence electrons. The van der Waals surface area contributed by atoms with E-state index in [2.05, 4.69) is 31.2 Å². The number of hydrogen-bond donors (Lipinski definition) is 1. The first kappa shape index (κ1) is 13.6. The number of rotatable bonds is 7. The molecule has 1 aromatic carbocycles. The molecule has 1 rings (SSSR count). The van der Waals surface area contributed by atoms with E-state index in [0.29, 0.717) is 0 Å². The van der Waals surface area contributed by atoms with E-state index in [9.17, 15) is 0 Å². The van der Waals surface area contributed by atoms with Crippen molar-refractivity contribution in [2.24, 2.45) is 0 Å². The van der Waals surface area contributed by atoms with E-state index in [-0.39, 0.29) is 6.61 Å². The maximum atomic E-state index is 8.59. The van der Waals surface area contributed by atoms with Crippen molar-refractivity contribution in [1.82, 2.24) is 0 Å². The van der Waals surface area contributed by atoms with Gasteiger partial charge >= 0.3 is 0 Å². The molecule has 0 atom stereocenters. The van der Waals surface area contributed by atoms with Crippen LogP contribution < -0.4 is 0 Å². The van der Waals surface area contributed by atoms with Crippen molar-refractivity contribution in [2.75, 3.05) is 12.4 Å². The maximum absolute atomic E-state index is 8.59. The maximum Gasteiger partial charge on any atom is 0.0530 e. The van der Waals surface area contributed by atoms with Gasteiger partial charge in [-0.1, -0.05) is 45.9 Å². The Morgan fingerprint density at radius 1 is 1.13 bits per heavy atom. The van der Waals surface area contributed by atoms with Crippen molar-refractivity contribution in [3.05, 3.63) is 35.4 Å². The van der Waals surface area contributed by atoms with Crippen LogP contribution in [-0.4, -0.2) is 17.5 Å². The van der Waals surface area contributed by atoms with E-state index < -0.39 is 0 Å². The van der Waals surface area contributed by atoms with E-state index in [0.717, 1.165) is 11.5 Å². The molecule has 1 nitrogen and oxygen atoms in total. The Kier molecular flexibility index (Phi) is 7.91. The van der Waals surface area contributed by atoms with Gasteiger partial charge in [-0.05, 0) is 37.7 Å². The molecule has 15 heavy (non-hydrogen) atoms. The molecule has 0 amide bonds. The Bertz CT molecular complexity index is 280. The first-order chi connectivity index (χ1) is 7.34. The summed E-state index contributed by atoms with van der Waals surface area (Å²) in [4.78, 5) is 0. The highest BCUT2D eigenvalue weighted by molar-refractivity contribution is 9.26. The van der Waals surface area contributed by atoms with Crippen LogP contribution in [0.4, 0.5) is 0 Å². The fourth-order valence-electron chi connectivity index (χ4n) is 0.970. The minimum Gasteiger partial charge on any atom is -0.395 e. The number of benzene rings is 1. The minimum atomic E-state index is 0.265. The highest BCUT2D eigenvalue weighted by atomic mass is 33.7. The molecule has 0 unspecified atom stereocenters. The zero-order chi connectivity index (χ0) is 10.9. The van der Waals surface area contributed by atoms with Crippen LogP contribution in [0.5, 0.6) is 0 Å². The van der Waals surface area contributed by atoms with Gasteiger partial charge in [-0.15, -0.1) is 0 Å². The third-order valence-corrected chi connectivity index (χ3v) is 8.13. The molecule has 1 N–H and O–H groups in total. The third kappa shape index (κ3) is 6.02. The molecule has 0 fully saturated rings. The van der Waals surface area contributed by atoms with Gasteiger partial charge in [0.15, 0.2) is 0 Å². The number of aliphatic hydroxyl groups excluding tert-OH is 1. The predicted molar refractivity (Wildman–Crippen MR) is 77.2 cm³/mol. The van der Waals surface area contributed by atoms with Gasteiger partial charge in [0.1, 0.15) is 0 Å². The van der Waals surface area contributed by atoms with E-state index in [1.165, 1.54) is 11.1 Å². The molecule has 0 aliphatic rings. The normalized spacial score (nSPS) is 10.5. The highest BCUT2D eigenvalue weighted by Gasteiger charge is 1.98. The second kappa shape index (κ2) is 8.70. The van der Waals surface area contributed by atoms with E-state index >= 15 is 0 Å². The van der Waals surface area contributed by atoms with Gasteiger partial charge in [0.2, 0.25) is 0 Å². The fraction of sp³-hybridized carbons (Fsp3) is 0.400. The molecular weight excluding hydrogens is 264 g/mol. The summed E-state index contributed by atoms with van der Waals surface area (Å²) in [6.45, 7) is 2.41. The van der Waals surface area contributed by atoms with E-state index in [4.69, 9.17) is 5.11 Å². The van der Waals surface area contributed by atoms with Crippen molar-refractivity contribution >= 4 is 41.2 Å². The van der Waals surface area contributed by atoms with E-state index in [1.807, 2.05) is 10.8 Å². The van der Waals surface area contributed by atoms with Crippen LogP contribution in [-0.2, 0) is 5.75 Å². The lowest BCUT2D eigenvalue weighted by atomic mass is 10.1. The van der Waals surface area contributed by atoms with Crippen molar-refractivity contribution in [3.8, 4) is 0 Å². The van der Waals surface area contributed by atoms with Crippen LogP contribution in [0, 0.1) is 6.92 Å². The molecule has 0 heterocycles. The molecule has 0 saturated carbocycles. The van der Waals surface area contributed by atoms with Gasteiger partial charge in [-0.25, -0.2) is 0 Å². The van der Waals surface area contributed by atoms with Crippen molar-refractivity contribution in [1.29, 1.82) is 0 Å². The first-order valence-corrected chi connectivity index (χ1v) is 9.73. The lowest BCUT2D eigenvalue weighted by molar-refractivity contribution is 0.323. The molecule has 0 spiro atoms. The average molecular weight is 278 g/mol. The van der Waals surface area contributed by atoms with Crippen LogP contribution in [0.2, 0.25) is 0 Å². The summed E-state index contributed by atoms with van der Waals surface area (Å²) in [7, 11) is 7.07. The van der Waals surface area contributed by atoms with Gasteiger partial charge in [0.05, 0.1) is 6.61 Å². The monoisotopic (exact) mass is 278 g/mol. The number of hydrogen-bond acceptors (Lipinski definition) is 5. The van der Waals surface area contributed by atoms with Gasteiger partial charge in [-0.3, -0.25) is 0 Å². The fourth-order valence-corrected chi connectivity index (χ4v) is 6.75. The molecule has 0 bridgehead atoms. The Hall–Kier alpha value is 0.580. The first-order valence-electron chi connectivity index (χ1n) is 4.57. The van der Waals surface area contributed by atoms with Crippen LogP contribution in [0.1, 0.15) is 11.1 Å². The largest absolute Gasteiger partial charge is 0.395 e. The Morgan fingerprint density at radius 2 is 1.87 bits per heavy atom. The summed E-state index contributed by atoms with van der Waals surface area (Å²) in [5.74, 6) is 1.85. The zero-order valence-corrected chi connectivity index (χ0v) is 11.8.